The highest BCUT2D eigenvalue weighted by Gasteiger charge is 2.16. The fourth-order valence-electron chi connectivity index (χ4n) is 1.07. The molecular weight excluding hydrogens is 248 g/mol. The van der Waals surface area contributed by atoms with E-state index in [9.17, 15) is 13.8 Å². The normalized spacial score (nSPS) is 13.8. The van der Waals surface area contributed by atoms with Crippen LogP contribution < -0.4 is 9.61 Å². The maximum absolute atomic E-state index is 13.1. The molecule has 0 bridgehead atoms. The lowest BCUT2D eigenvalue weighted by Gasteiger charge is -2.12. The van der Waals surface area contributed by atoms with E-state index in [0.717, 1.165) is 0 Å². The van der Waals surface area contributed by atoms with Gasteiger partial charge in [0.2, 0.25) is 0 Å². The Bertz CT molecular complexity index is 427. The second-order valence-electron chi connectivity index (χ2n) is 3.21. The summed E-state index contributed by atoms with van der Waals surface area (Å²) in [6.45, 7) is 1.47. The second-order valence-corrected chi connectivity index (χ2v) is 4.28. The van der Waals surface area contributed by atoms with Crippen LogP contribution in [-0.2, 0) is 14.1 Å². The van der Waals surface area contributed by atoms with Gasteiger partial charge in [0, 0.05) is 0 Å². The summed E-state index contributed by atoms with van der Waals surface area (Å²) < 4.78 is 33.9. The monoisotopic (exact) mass is 261 g/mol. The van der Waals surface area contributed by atoms with E-state index in [-0.39, 0.29) is 5.75 Å². The van der Waals surface area contributed by atoms with Gasteiger partial charge in [0.25, 0.3) is 0 Å². The van der Waals surface area contributed by atoms with Crippen LogP contribution in [-0.4, -0.2) is 19.1 Å². The Labute approximate surface area is 98.8 Å². The van der Waals surface area contributed by atoms with Gasteiger partial charge >= 0.3 is 14.1 Å². The highest BCUT2D eigenvalue weighted by Crippen LogP contribution is 2.26. The van der Waals surface area contributed by atoms with E-state index in [1.807, 2.05) is 0 Å². The lowest BCUT2D eigenvalue weighted by atomic mass is 10.3. The highest BCUT2D eigenvalue weighted by atomic mass is 31.1. The van der Waals surface area contributed by atoms with Crippen LogP contribution in [0.3, 0.4) is 0 Å². The van der Waals surface area contributed by atoms with Gasteiger partial charge in [-0.15, -0.1) is 0 Å². The van der Waals surface area contributed by atoms with Crippen molar-refractivity contribution in [1.82, 2.24) is 5.09 Å². The molecule has 0 fully saturated rings. The number of carbonyl (C=O) groups is 1. The number of benzene rings is 1. The van der Waals surface area contributed by atoms with Crippen molar-refractivity contribution < 1.29 is 23.0 Å². The topological polar surface area (TPSA) is 64.6 Å². The average Bonchev–Trinajstić information content (AvgIpc) is 2.31. The molecular formula is C10H13FNO4P. The minimum absolute atomic E-state index is 0.124. The zero-order valence-corrected chi connectivity index (χ0v) is 10.4. The van der Waals surface area contributed by atoms with Crippen LogP contribution in [0, 0.1) is 5.82 Å². The predicted molar refractivity (Wildman–Crippen MR) is 60.6 cm³/mol. The first-order chi connectivity index (χ1) is 8.04. The van der Waals surface area contributed by atoms with Gasteiger partial charge in [-0.3, -0.25) is 9.36 Å². The van der Waals surface area contributed by atoms with E-state index in [4.69, 9.17) is 4.52 Å². The van der Waals surface area contributed by atoms with Gasteiger partial charge in [0.05, 0.1) is 7.11 Å². The van der Waals surface area contributed by atoms with Crippen molar-refractivity contribution in [2.75, 3.05) is 7.11 Å². The molecule has 0 spiro atoms. The number of para-hydroxylation sites is 1. The highest BCUT2D eigenvalue weighted by molar-refractivity contribution is 7.37. The number of methoxy groups -OCH3 is 1. The number of halogens is 1. The summed E-state index contributed by atoms with van der Waals surface area (Å²) in [7, 11) is -1.54. The number of hydrogen-bond donors (Lipinski definition) is 1. The SMILES string of the molecule is COC(=O)[C@H](C)N[PH](=O)Oc1ccccc1F. The average molecular weight is 261 g/mol. The summed E-state index contributed by atoms with van der Waals surface area (Å²) in [5, 5.41) is 2.39. The minimum atomic E-state index is -2.76. The van der Waals surface area contributed by atoms with Gasteiger partial charge in [-0.1, -0.05) is 12.1 Å². The van der Waals surface area contributed by atoms with Gasteiger partial charge in [-0.2, -0.15) is 0 Å². The molecule has 0 radical (unpaired) electrons. The maximum atomic E-state index is 13.1. The van der Waals surface area contributed by atoms with Crippen molar-refractivity contribution in [2.24, 2.45) is 0 Å². The van der Waals surface area contributed by atoms with Gasteiger partial charge in [0.15, 0.2) is 11.6 Å². The van der Waals surface area contributed by atoms with Crippen LogP contribution in [0.5, 0.6) is 5.75 Å². The zero-order valence-electron chi connectivity index (χ0n) is 9.40. The number of carbonyl (C=O) groups excluding carboxylic acids is 1. The zero-order chi connectivity index (χ0) is 12.8. The Morgan fingerprint density at radius 3 is 2.71 bits per heavy atom. The maximum Gasteiger partial charge on any atom is 0.323 e. The molecule has 0 saturated carbocycles. The van der Waals surface area contributed by atoms with E-state index in [1.165, 1.54) is 32.2 Å². The lowest BCUT2D eigenvalue weighted by molar-refractivity contribution is -0.142. The molecule has 2 atom stereocenters. The molecule has 1 rings (SSSR count). The molecule has 0 aliphatic carbocycles. The van der Waals surface area contributed by atoms with Crippen LogP contribution in [0.1, 0.15) is 6.92 Å². The minimum Gasteiger partial charge on any atom is -0.468 e. The molecule has 1 unspecified atom stereocenters. The van der Waals surface area contributed by atoms with E-state index in [0.29, 0.717) is 0 Å². The van der Waals surface area contributed by atoms with Crippen molar-refractivity contribution in [3.63, 3.8) is 0 Å². The Morgan fingerprint density at radius 2 is 2.12 bits per heavy atom. The molecule has 7 heteroatoms. The van der Waals surface area contributed by atoms with E-state index >= 15 is 0 Å². The first kappa shape index (κ1) is 13.7. The van der Waals surface area contributed by atoms with Crippen molar-refractivity contribution in [2.45, 2.75) is 13.0 Å². The van der Waals surface area contributed by atoms with Crippen LogP contribution >= 0.6 is 8.18 Å². The molecule has 5 nitrogen and oxygen atoms in total. The molecule has 1 aromatic rings. The fourth-order valence-corrected chi connectivity index (χ4v) is 1.96. The molecule has 0 heterocycles. The molecule has 0 aromatic heterocycles. The summed E-state index contributed by atoms with van der Waals surface area (Å²) in [6, 6.07) is 4.80. The predicted octanol–water partition coefficient (Wildman–Crippen LogP) is 1.75. The Kier molecular flexibility index (Phi) is 5.12. The Hall–Kier alpha value is -1.39. The van der Waals surface area contributed by atoms with Gasteiger partial charge in [-0.05, 0) is 19.1 Å². The van der Waals surface area contributed by atoms with Crippen LogP contribution in [0.15, 0.2) is 24.3 Å². The Morgan fingerprint density at radius 1 is 1.47 bits per heavy atom. The molecule has 1 N–H and O–H groups in total. The van der Waals surface area contributed by atoms with Gasteiger partial charge < -0.3 is 9.26 Å². The van der Waals surface area contributed by atoms with Crippen molar-refractivity contribution in [3.05, 3.63) is 30.1 Å². The molecule has 0 saturated heterocycles. The summed E-state index contributed by atoms with van der Waals surface area (Å²) >= 11 is 0. The third kappa shape index (κ3) is 4.17. The van der Waals surface area contributed by atoms with Gasteiger partial charge in [-0.25, -0.2) is 9.48 Å². The van der Waals surface area contributed by atoms with E-state index < -0.39 is 26.0 Å². The standard InChI is InChI=1S/C10H13FNO4P/c1-7(10(13)15-2)12-17(14)16-9-6-4-3-5-8(9)11/h3-7,17H,1-2H3,(H,12,14)/t7-/m0/s1. The van der Waals surface area contributed by atoms with E-state index in [2.05, 4.69) is 9.82 Å². The third-order valence-corrected chi connectivity index (χ3v) is 3.00. The van der Waals surface area contributed by atoms with Crippen molar-refractivity contribution in [3.8, 4) is 5.75 Å². The van der Waals surface area contributed by atoms with Crippen LogP contribution in [0.25, 0.3) is 0 Å². The number of ether oxygens (including phenoxy) is 1. The van der Waals surface area contributed by atoms with Crippen molar-refractivity contribution >= 4 is 14.1 Å². The fraction of sp³-hybridized carbons (Fsp3) is 0.300. The number of nitrogens with one attached hydrogen (secondary N) is 1. The first-order valence-electron chi connectivity index (χ1n) is 4.85. The largest absolute Gasteiger partial charge is 0.468 e. The molecule has 0 aliphatic heterocycles. The summed E-state index contributed by atoms with van der Waals surface area (Å²) in [5.74, 6) is -1.31. The van der Waals surface area contributed by atoms with Crippen molar-refractivity contribution in [1.29, 1.82) is 0 Å². The number of rotatable bonds is 5. The van der Waals surface area contributed by atoms with Gasteiger partial charge in [0.1, 0.15) is 6.04 Å². The molecule has 94 valence electrons. The third-order valence-electron chi connectivity index (χ3n) is 1.93. The summed E-state index contributed by atoms with van der Waals surface area (Å²) in [4.78, 5) is 11.0. The smallest absolute Gasteiger partial charge is 0.323 e. The number of esters is 1. The molecule has 17 heavy (non-hydrogen) atoms. The molecule has 1 aromatic carbocycles. The summed E-state index contributed by atoms with van der Waals surface area (Å²) in [5.41, 5.74) is 0. The summed E-state index contributed by atoms with van der Waals surface area (Å²) in [6.07, 6.45) is 0. The number of hydrogen-bond acceptors (Lipinski definition) is 4. The molecule has 0 aliphatic rings. The lowest BCUT2D eigenvalue weighted by Crippen LogP contribution is -2.30. The second kappa shape index (κ2) is 6.37. The Balaban J connectivity index is 2.56. The van der Waals surface area contributed by atoms with Crippen LogP contribution in [0.4, 0.5) is 4.39 Å². The van der Waals surface area contributed by atoms with E-state index in [1.54, 1.807) is 6.07 Å². The first-order valence-corrected chi connectivity index (χ1v) is 6.17. The quantitative estimate of drug-likeness (QED) is 0.646. The van der Waals surface area contributed by atoms with Crippen LogP contribution in [0.2, 0.25) is 0 Å². The molecule has 0 amide bonds.